The lowest BCUT2D eigenvalue weighted by atomic mass is 9.94. The number of thioether (sulfide) groups is 1. The minimum Gasteiger partial charge on any atom is -0.390 e. The summed E-state index contributed by atoms with van der Waals surface area (Å²) in [5, 5.41) is 16.1. The van der Waals surface area contributed by atoms with Crippen molar-refractivity contribution in [2.75, 3.05) is 42.9 Å². The fourth-order valence-electron chi connectivity index (χ4n) is 7.24. The highest BCUT2D eigenvalue weighted by molar-refractivity contribution is 7.99. The molecule has 3 aliphatic heterocycles. The number of hydrogen-bond donors (Lipinski definition) is 2. The molecule has 4 aliphatic rings. The van der Waals surface area contributed by atoms with Crippen molar-refractivity contribution >= 4 is 29.3 Å². The van der Waals surface area contributed by atoms with E-state index in [0.717, 1.165) is 70.5 Å². The Morgan fingerprint density at radius 3 is 2.55 bits per heavy atom. The molecular weight excluding hydrogens is 572 g/mol. The number of hydrogen-bond acceptors (Lipinski definition) is 10. The van der Waals surface area contributed by atoms with Crippen LogP contribution in [0.5, 0.6) is 0 Å². The van der Waals surface area contributed by atoms with Crippen LogP contribution in [0.2, 0.25) is 0 Å². The second kappa shape index (κ2) is 13.4. The number of β-amino-alcohol motifs (C(OH)–C–C–N with tert-alkyl or cyclic N) is 1. The van der Waals surface area contributed by atoms with Crippen LogP contribution < -0.4 is 10.2 Å². The van der Waals surface area contributed by atoms with E-state index < -0.39 is 6.10 Å². The first-order valence-electron chi connectivity index (χ1n) is 16.2. The van der Waals surface area contributed by atoms with Crippen molar-refractivity contribution in [2.45, 2.75) is 86.5 Å². The number of piperidine rings is 2. The van der Waals surface area contributed by atoms with Gasteiger partial charge in [-0.25, -0.2) is 19.9 Å². The average Bonchev–Trinajstić information content (AvgIpc) is 3.58. The number of anilines is 2. The zero-order chi connectivity index (χ0) is 29.9. The Morgan fingerprint density at radius 1 is 0.955 bits per heavy atom. The summed E-state index contributed by atoms with van der Waals surface area (Å²) in [6, 6.07) is 12.7. The molecule has 0 unspecified atom stereocenters. The van der Waals surface area contributed by atoms with Crippen molar-refractivity contribution in [3.05, 3.63) is 65.7 Å². The molecule has 0 radical (unpaired) electrons. The molecule has 2 saturated heterocycles. The van der Waals surface area contributed by atoms with Gasteiger partial charge in [-0.15, -0.1) is 0 Å². The fraction of sp³-hybridized carbons (Fsp3) is 0.545. The molecule has 1 aliphatic carbocycles. The van der Waals surface area contributed by atoms with E-state index in [-0.39, 0.29) is 18.0 Å². The molecule has 3 fully saturated rings. The standard InChI is InChI=1S/C33H42N8O2S/c42-29-21-41(18-13-28(29)40-15-10-23-5-1-2-6-24(23)20-40)32(43)27-19-30(38-33(37-27)44-26-7-3-4-8-26)36-25-11-16-39(17-12-25)31-9-14-34-22-35-31/h1-2,5-6,9,14,19,22,25-26,28-29,42H,3-4,7-8,10-13,15-18,20-21H2,(H,36,37,38)/t28-,29-/m1/s1. The van der Waals surface area contributed by atoms with E-state index in [9.17, 15) is 9.90 Å². The summed E-state index contributed by atoms with van der Waals surface area (Å²) < 4.78 is 0. The van der Waals surface area contributed by atoms with E-state index >= 15 is 0 Å². The highest BCUT2D eigenvalue weighted by Gasteiger charge is 2.36. The van der Waals surface area contributed by atoms with E-state index in [0.29, 0.717) is 35.0 Å². The zero-order valence-electron chi connectivity index (χ0n) is 25.2. The van der Waals surface area contributed by atoms with Gasteiger partial charge in [0.2, 0.25) is 0 Å². The lowest BCUT2D eigenvalue weighted by Crippen LogP contribution is -2.56. The summed E-state index contributed by atoms with van der Waals surface area (Å²) in [5.41, 5.74) is 3.16. The first kappa shape index (κ1) is 29.4. The molecule has 3 aromatic rings. The van der Waals surface area contributed by atoms with Crippen LogP contribution >= 0.6 is 11.8 Å². The minimum atomic E-state index is -0.593. The second-order valence-corrected chi connectivity index (χ2v) is 13.8. The van der Waals surface area contributed by atoms with Gasteiger partial charge in [-0.05, 0) is 55.7 Å². The van der Waals surface area contributed by atoms with Crippen LogP contribution in [0.3, 0.4) is 0 Å². The van der Waals surface area contributed by atoms with Crippen molar-refractivity contribution in [1.29, 1.82) is 0 Å². The molecular formula is C33H42N8O2S. The third-order valence-corrected chi connectivity index (χ3v) is 10.9. The summed E-state index contributed by atoms with van der Waals surface area (Å²) in [7, 11) is 0. The maximum atomic E-state index is 13.9. The molecule has 11 heteroatoms. The number of likely N-dealkylation sites (tertiary alicyclic amines) is 1. The Balaban J connectivity index is 1.02. The van der Waals surface area contributed by atoms with Crippen molar-refractivity contribution < 1.29 is 9.90 Å². The van der Waals surface area contributed by atoms with Gasteiger partial charge in [0.1, 0.15) is 23.7 Å². The molecule has 1 saturated carbocycles. The van der Waals surface area contributed by atoms with Gasteiger partial charge in [0.05, 0.1) is 6.10 Å². The summed E-state index contributed by atoms with van der Waals surface area (Å²) >= 11 is 1.71. The topological polar surface area (TPSA) is 111 Å². The van der Waals surface area contributed by atoms with E-state index in [2.05, 4.69) is 49.4 Å². The maximum Gasteiger partial charge on any atom is 0.272 e. The zero-order valence-corrected chi connectivity index (χ0v) is 26.0. The first-order valence-corrected chi connectivity index (χ1v) is 17.1. The number of nitrogens with zero attached hydrogens (tertiary/aromatic N) is 7. The van der Waals surface area contributed by atoms with E-state index in [4.69, 9.17) is 9.97 Å². The fourth-order valence-corrected chi connectivity index (χ4v) is 8.41. The monoisotopic (exact) mass is 614 g/mol. The number of carbonyl (C=O) groups is 1. The van der Waals surface area contributed by atoms with Crippen LogP contribution in [0.15, 0.2) is 54.1 Å². The number of carbonyl (C=O) groups excluding carboxylic acids is 1. The average molecular weight is 615 g/mol. The van der Waals surface area contributed by atoms with Gasteiger partial charge in [-0.2, -0.15) is 0 Å². The van der Waals surface area contributed by atoms with Crippen LogP contribution in [-0.2, 0) is 13.0 Å². The Bertz CT molecular complexity index is 1430. The molecule has 232 valence electrons. The normalized spacial score (nSPS) is 23.5. The van der Waals surface area contributed by atoms with Crippen molar-refractivity contribution in [1.82, 2.24) is 29.7 Å². The highest BCUT2D eigenvalue weighted by atomic mass is 32.2. The second-order valence-electron chi connectivity index (χ2n) is 12.6. The number of aliphatic hydroxyl groups excluding tert-OH is 1. The maximum absolute atomic E-state index is 13.9. The number of fused-ring (bicyclic) bond motifs is 1. The van der Waals surface area contributed by atoms with Gasteiger partial charge in [0.25, 0.3) is 5.91 Å². The molecule has 7 rings (SSSR count). The minimum absolute atomic E-state index is 0.0525. The Morgan fingerprint density at radius 2 is 1.77 bits per heavy atom. The van der Waals surface area contributed by atoms with Crippen molar-refractivity contribution in [3.63, 3.8) is 0 Å². The van der Waals surface area contributed by atoms with E-state index in [1.165, 1.54) is 24.0 Å². The van der Waals surface area contributed by atoms with E-state index in [1.807, 2.05) is 12.1 Å². The van der Waals surface area contributed by atoms with Crippen molar-refractivity contribution in [3.8, 4) is 0 Å². The van der Waals surface area contributed by atoms with Gasteiger partial charge < -0.3 is 20.2 Å². The number of aliphatic hydroxyl groups is 1. The highest BCUT2D eigenvalue weighted by Crippen LogP contribution is 2.34. The summed E-state index contributed by atoms with van der Waals surface area (Å²) in [5.74, 6) is 1.55. The van der Waals surface area contributed by atoms with Crippen LogP contribution in [0.4, 0.5) is 11.6 Å². The lowest BCUT2D eigenvalue weighted by Gasteiger charge is -2.43. The number of benzene rings is 1. The molecule has 44 heavy (non-hydrogen) atoms. The molecule has 2 aromatic heterocycles. The van der Waals surface area contributed by atoms with Gasteiger partial charge in [0.15, 0.2) is 5.16 Å². The molecule has 2 atom stereocenters. The molecule has 0 bridgehead atoms. The lowest BCUT2D eigenvalue weighted by molar-refractivity contribution is -0.0139. The summed E-state index contributed by atoms with van der Waals surface area (Å²) in [6.45, 7) is 4.51. The molecule has 2 N–H and O–H groups in total. The van der Waals surface area contributed by atoms with Crippen LogP contribution in [0.25, 0.3) is 0 Å². The molecule has 1 amide bonds. The Hall–Kier alpha value is -3.28. The number of nitrogens with one attached hydrogen (secondary N) is 1. The van der Waals surface area contributed by atoms with Gasteiger partial charge in [0, 0.05) is 68.9 Å². The Kier molecular flexibility index (Phi) is 8.95. The predicted octanol–water partition coefficient (Wildman–Crippen LogP) is 4.02. The first-order chi connectivity index (χ1) is 21.6. The van der Waals surface area contributed by atoms with Gasteiger partial charge in [-0.1, -0.05) is 48.9 Å². The largest absolute Gasteiger partial charge is 0.390 e. The van der Waals surface area contributed by atoms with E-state index in [1.54, 1.807) is 29.2 Å². The number of aromatic nitrogens is 4. The molecule has 0 spiro atoms. The summed E-state index contributed by atoms with van der Waals surface area (Å²) in [4.78, 5) is 38.5. The van der Waals surface area contributed by atoms with Crippen LogP contribution in [-0.4, -0.2) is 96.9 Å². The molecule has 10 nitrogen and oxygen atoms in total. The molecule has 1 aromatic carbocycles. The SMILES string of the molecule is O=C(c1cc(NC2CCN(c3ccncn3)CC2)nc(SC2CCCC2)n1)N1CC[C@@H](N2CCc3ccccc3C2)[C@H](O)C1. The smallest absolute Gasteiger partial charge is 0.272 e. The predicted molar refractivity (Wildman–Crippen MR) is 172 cm³/mol. The van der Waals surface area contributed by atoms with Crippen LogP contribution in [0.1, 0.15) is 66.6 Å². The number of rotatable bonds is 7. The quantitative estimate of drug-likeness (QED) is 0.379. The third kappa shape index (κ3) is 6.69. The van der Waals surface area contributed by atoms with Crippen LogP contribution in [0, 0.1) is 0 Å². The van der Waals surface area contributed by atoms with Crippen molar-refractivity contribution in [2.24, 2.45) is 0 Å². The van der Waals surface area contributed by atoms with Gasteiger partial charge in [-0.3, -0.25) is 9.69 Å². The van der Waals surface area contributed by atoms with Gasteiger partial charge >= 0.3 is 0 Å². The third-order valence-electron chi connectivity index (χ3n) is 9.70. The number of amides is 1. The Labute approximate surface area is 263 Å². The summed E-state index contributed by atoms with van der Waals surface area (Å²) in [6.07, 6.45) is 11.2. The molecule has 5 heterocycles.